The van der Waals surface area contributed by atoms with Gasteiger partial charge in [0.15, 0.2) is 6.79 Å². The zero-order chi connectivity index (χ0) is 24.0. The average Bonchev–Trinajstić information content (AvgIpc) is 2.83. The van der Waals surface area contributed by atoms with Crippen LogP contribution >= 0.6 is 0 Å². The fourth-order valence-electron chi connectivity index (χ4n) is 2.57. The first kappa shape index (κ1) is 28.9. The van der Waals surface area contributed by atoms with Crippen molar-refractivity contribution < 1.29 is 18.9 Å². The van der Waals surface area contributed by atoms with Gasteiger partial charge < -0.3 is 18.9 Å². The van der Waals surface area contributed by atoms with Crippen molar-refractivity contribution in [2.45, 2.75) is 27.1 Å². The first-order chi connectivity index (χ1) is 15.6. The van der Waals surface area contributed by atoms with Gasteiger partial charge in [0.25, 0.3) is 0 Å². The van der Waals surface area contributed by atoms with Crippen molar-refractivity contribution in [2.75, 3.05) is 28.1 Å². The summed E-state index contributed by atoms with van der Waals surface area (Å²) in [6.07, 6.45) is 8.00. The number of terminal acetylenes is 1. The van der Waals surface area contributed by atoms with E-state index >= 15 is 0 Å². The van der Waals surface area contributed by atoms with Gasteiger partial charge >= 0.3 is 0 Å². The standard InChI is InChI=1S/C10H14O2.2C8H10O.C2H2/c1-8-4-5-10(9(2)6-8)12-7-11-3;2*1-9-7-8-5-3-2-4-6-8;1-2/h4-6H,7H2,1-3H3;2*2-6H,7H2,1H3;1-2H. The van der Waals surface area contributed by atoms with E-state index in [1.165, 1.54) is 16.7 Å². The van der Waals surface area contributed by atoms with Gasteiger partial charge in [-0.2, -0.15) is 0 Å². The van der Waals surface area contributed by atoms with Crippen LogP contribution in [-0.2, 0) is 27.4 Å². The van der Waals surface area contributed by atoms with Crippen LogP contribution in [0.15, 0.2) is 78.9 Å². The first-order valence-corrected chi connectivity index (χ1v) is 10.2. The zero-order valence-electron chi connectivity index (χ0n) is 19.9. The van der Waals surface area contributed by atoms with Crippen LogP contribution in [0.1, 0.15) is 22.3 Å². The quantitative estimate of drug-likeness (QED) is 0.326. The van der Waals surface area contributed by atoms with Gasteiger partial charge in [-0.25, -0.2) is 0 Å². The maximum Gasteiger partial charge on any atom is 0.188 e. The number of hydrogen-bond acceptors (Lipinski definition) is 4. The molecule has 0 heterocycles. The third-order valence-corrected chi connectivity index (χ3v) is 3.97. The van der Waals surface area contributed by atoms with E-state index in [9.17, 15) is 0 Å². The van der Waals surface area contributed by atoms with Crippen LogP contribution in [0.3, 0.4) is 0 Å². The Morgan fingerprint density at radius 3 is 1.47 bits per heavy atom. The SMILES string of the molecule is C#C.COCOc1ccc(C)cc1C.COCc1ccccc1.COCc1ccccc1. The predicted molar refractivity (Wildman–Crippen MR) is 133 cm³/mol. The summed E-state index contributed by atoms with van der Waals surface area (Å²) in [6.45, 7) is 5.82. The lowest BCUT2D eigenvalue weighted by atomic mass is 10.1. The van der Waals surface area contributed by atoms with Gasteiger partial charge in [0.1, 0.15) is 5.75 Å². The summed E-state index contributed by atoms with van der Waals surface area (Å²) >= 11 is 0. The van der Waals surface area contributed by atoms with Gasteiger partial charge in [-0.1, -0.05) is 78.4 Å². The summed E-state index contributed by atoms with van der Waals surface area (Å²) < 4.78 is 20.0. The largest absolute Gasteiger partial charge is 0.467 e. The molecule has 0 aliphatic rings. The molecule has 4 heteroatoms. The molecule has 3 rings (SSSR count). The molecule has 0 atom stereocenters. The predicted octanol–water partition coefficient (Wildman–Crippen LogP) is 6.20. The summed E-state index contributed by atoms with van der Waals surface area (Å²) in [6, 6.07) is 26.3. The van der Waals surface area contributed by atoms with Crippen LogP contribution < -0.4 is 4.74 Å². The number of benzene rings is 3. The van der Waals surface area contributed by atoms with Crippen molar-refractivity contribution in [2.24, 2.45) is 0 Å². The molecule has 0 spiro atoms. The smallest absolute Gasteiger partial charge is 0.188 e. The van der Waals surface area contributed by atoms with Crippen molar-refractivity contribution in [1.82, 2.24) is 0 Å². The van der Waals surface area contributed by atoms with Crippen LogP contribution in [0, 0.1) is 26.7 Å². The molecule has 0 saturated carbocycles. The molecule has 0 aliphatic heterocycles. The normalized spacial score (nSPS) is 9.09. The minimum absolute atomic E-state index is 0.309. The van der Waals surface area contributed by atoms with Gasteiger partial charge in [-0.05, 0) is 36.6 Å². The van der Waals surface area contributed by atoms with Crippen LogP contribution in [0.25, 0.3) is 0 Å². The molecule has 3 aromatic carbocycles. The van der Waals surface area contributed by atoms with Gasteiger partial charge in [0.2, 0.25) is 0 Å². The van der Waals surface area contributed by atoms with E-state index in [1.54, 1.807) is 21.3 Å². The highest BCUT2D eigenvalue weighted by atomic mass is 16.7. The van der Waals surface area contributed by atoms with Crippen LogP contribution in [0.2, 0.25) is 0 Å². The highest BCUT2D eigenvalue weighted by Gasteiger charge is 1.97. The Balaban J connectivity index is 0.000000439. The molecule has 0 aromatic heterocycles. The molecule has 0 aliphatic carbocycles. The number of ether oxygens (including phenoxy) is 4. The molecular formula is C28H36O4. The van der Waals surface area contributed by atoms with E-state index in [0.717, 1.165) is 11.3 Å². The Hall–Kier alpha value is -3.10. The molecule has 4 nitrogen and oxygen atoms in total. The second-order valence-corrected chi connectivity index (χ2v) is 6.66. The Morgan fingerprint density at radius 2 is 1.09 bits per heavy atom. The van der Waals surface area contributed by atoms with E-state index in [-0.39, 0.29) is 0 Å². The lowest BCUT2D eigenvalue weighted by Gasteiger charge is -2.07. The number of aryl methyl sites for hydroxylation is 2. The summed E-state index contributed by atoms with van der Waals surface area (Å²) in [7, 11) is 5.02. The summed E-state index contributed by atoms with van der Waals surface area (Å²) in [5.41, 5.74) is 4.84. The minimum Gasteiger partial charge on any atom is -0.467 e. The Bertz CT molecular complexity index is 788. The number of rotatable bonds is 7. The second-order valence-electron chi connectivity index (χ2n) is 6.66. The molecule has 0 N–H and O–H groups in total. The van der Waals surface area contributed by atoms with Crippen molar-refractivity contribution in [3.8, 4) is 18.6 Å². The Kier molecular flexibility index (Phi) is 17.9. The number of methoxy groups -OCH3 is 3. The maximum absolute atomic E-state index is 5.32. The molecule has 172 valence electrons. The van der Waals surface area contributed by atoms with E-state index in [4.69, 9.17) is 18.9 Å². The van der Waals surface area contributed by atoms with E-state index in [0.29, 0.717) is 20.0 Å². The monoisotopic (exact) mass is 436 g/mol. The van der Waals surface area contributed by atoms with Crippen molar-refractivity contribution in [3.63, 3.8) is 0 Å². The topological polar surface area (TPSA) is 36.9 Å². The summed E-state index contributed by atoms with van der Waals surface area (Å²) in [5, 5.41) is 0. The fraction of sp³-hybridized carbons (Fsp3) is 0.286. The van der Waals surface area contributed by atoms with E-state index in [2.05, 4.69) is 25.8 Å². The molecule has 0 radical (unpaired) electrons. The van der Waals surface area contributed by atoms with Crippen molar-refractivity contribution in [3.05, 3.63) is 101 Å². The average molecular weight is 437 g/mol. The van der Waals surface area contributed by atoms with Crippen LogP contribution in [0.4, 0.5) is 0 Å². The van der Waals surface area contributed by atoms with Gasteiger partial charge in [0, 0.05) is 21.3 Å². The Morgan fingerprint density at radius 1 is 0.625 bits per heavy atom. The molecule has 0 saturated heterocycles. The number of hydrogen-bond donors (Lipinski definition) is 0. The molecule has 0 bridgehead atoms. The van der Waals surface area contributed by atoms with Gasteiger partial charge in [-0.3, -0.25) is 0 Å². The van der Waals surface area contributed by atoms with Crippen LogP contribution in [0.5, 0.6) is 5.75 Å². The second kappa shape index (κ2) is 19.8. The maximum atomic E-state index is 5.32. The fourth-order valence-corrected chi connectivity index (χ4v) is 2.57. The lowest BCUT2D eigenvalue weighted by molar-refractivity contribution is 0.0506. The summed E-state index contributed by atoms with van der Waals surface area (Å²) in [5.74, 6) is 0.891. The molecule has 0 amide bonds. The molecule has 0 fully saturated rings. The van der Waals surface area contributed by atoms with Crippen LogP contribution in [-0.4, -0.2) is 28.1 Å². The van der Waals surface area contributed by atoms with E-state index < -0.39 is 0 Å². The van der Waals surface area contributed by atoms with Crippen molar-refractivity contribution >= 4 is 0 Å². The van der Waals surface area contributed by atoms with E-state index in [1.807, 2.05) is 79.7 Å². The summed E-state index contributed by atoms with van der Waals surface area (Å²) in [4.78, 5) is 0. The van der Waals surface area contributed by atoms with Gasteiger partial charge in [-0.15, -0.1) is 12.8 Å². The highest BCUT2D eigenvalue weighted by Crippen LogP contribution is 2.18. The molecule has 0 unspecified atom stereocenters. The third kappa shape index (κ3) is 14.0. The molecule has 3 aromatic rings. The lowest BCUT2D eigenvalue weighted by Crippen LogP contribution is -2.00. The zero-order valence-corrected chi connectivity index (χ0v) is 19.9. The van der Waals surface area contributed by atoms with Gasteiger partial charge in [0.05, 0.1) is 13.2 Å². The Labute approximate surface area is 194 Å². The van der Waals surface area contributed by atoms with Crippen molar-refractivity contribution in [1.29, 1.82) is 0 Å². The molecular weight excluding hydrogens is 400 g/mol. The third-order valence-electron chi connectivity index (χ3n) is 3.97. The first-order valence-electron chi connectivity index (χ1n) is 10.2. The highest BCUT2D eigenvalue weighted by molar-refractivity contribution is 5.35. The minimum atomic E-state index is 0.309. The molecule has 32 heavy (non-hydrogen) atoms.